The van der Waals surface area contributed by atoms with Crippen LogP contribution < -0.4 is 0 Å². The Bertz CT molecular complexity index is 449. The standard InChI is InChI=1S/C16H48Si8.C6H15P.Ge/c1-19(2,3)17(20(4,5)6)23(13,14)24(15,16)18(21(7,8)9)22(10,11)12;1-4-7(5-2)6-3;/h1-16H3;4-6H2,1-3H3;/p+1. The molecule has 0 atom stereocenters. The quantitative estimate of drug-likeness (QED) is 0.164. The van der Waals surface area contributed by atoms with Gasteiger partial charge >= 0.3 is 0 Å². The second kappa shape index (κ2) is 14.0. The Hall–Kier alpha value is 2.71. The maximum atomic E-state index is 2.93. The summed E-state index contributed by atoms with van der Waals surface area (Å²) in [5.74, 6) is 0. The normalized spacial score (nSPS) is 14.4. The Balaban J connectivity index is -0.000000903. The van der Waals surface area contributed by atoms with E-state index >= 15 is 0 Å². The Kier molecular flexibility index (Phi) is 17.2. The molecule has 0 bridgehead atoms. The van der Waals surface area contributed by atoms with Crippen molar-refractivity contribution in [1.29, 1.82) is 0 Å². The molecule has 0 saturated heterocycles. The zero-order valence-electron chi connectivity index (χ0n) is 26.1. The van der Waals surface area contributed by atoms with Crippen molar-refractivity contribution in [2.45, 2.75) is 126 Å². The van der Waals surface area contributed by atoms with Crippen molar-refractivity contribution in [3.63, 3.8) is 0 Å². The number of hydrogen-bond donors (Lipinski definition) is 0. The summed E-state index contributed by atoms with van der Waals surface area (Å²) in [6, 6.07) is 0. The van der Waals surface area contributed by atoms with Crippen molar-refractivity contribution in [3.8, 4) is 0 Å². The molecular formula is C22H64GePSi8+. The smallest absolute Gasteiger partial charge is 0.0543 e. The Labute approximate surface area is 227 Å². The van der Waals surface area contributed by atoms with Gasteiger partial charge in [0.25, 0.3) is 0 Å². The van der Waals surface area contributed by atoms with Crippen LogP contribution in [-0.4, -0.2) is 95.4 Å². The third kappa shape index (κ3) is 11.4. The van der Waals surface area contributed by atoms with E-state index in [-0.39, 0.29) is 40.2 Å². The van der Waals surface area contributed by atoms with E-state index in [1.807, 2.05) is 0 Å². The van der Waals surface area contributed by atoms with Gasteiger partial charge in [0.05, 0.1) is 18.5 Å². The maximum Gasteiger partial charge on any atom is 0.0543 e. The molecule has 0 rings (SSSR count). The fourth-order valence-electron chi connectivity index (χ4n) is 7.38. The van der Waals surface area contributed by atoms with Gasteiger partial charge in [-0.25, -0.2) is 0 Å². The fraction of sp³-hybridized carbons (Fsp3) is 1.00. The second-order valence-corrected chi connectivity index (χ2v) is 98.4. The molecule has 0 aliphatic rings. The third-order valence-corrected chi connectivity index (χ3v) is 160. The molecule has 0 aliphatic carbocycles. The van der Waals surface area contributed by atoms with Gasteiger partial charge in [-0.05, 0) is 28.7 Å². The van der Waals surface area contributed by atoms with Gasteiger partial charge in [0.2, 0.25) is 0 Å². The summed E-state index contributed by atoms with van der Waals surface area (Å²) in [5.41, 5.74) is 0. The second-order valence-electron chi connectivity index (χ2n) is 14.8. The molecule has 0 aliphatic heterocycles. The molecule has 0 heterocycles. The first kappa shape index (κ1) is 39.2. The first-order chi connectivity index (χ1) is 13.3. The van der Waals surface area contributed by atoms with Crippen LogP contribution in [-0.2, 0) is 0 Å². The molecule has 0 aromatic heterocycles. The van der Waals surface area contributed by atoms with E-state index in [0.29, 0.717) is 0 Å². The number of hydrogen-bond acceptors (Lipinski definition) is 0. The predicted molar refractivity (Wildman–Crippen MR) is 186 cm³/mol. The van der Waals surface area contributed by atoms with Crippen molar-refractivity contribution in [1.82, 2.24) is 0 Å². The monoisotopic (exact) mass is 657 g/mol. The first-order valence-corrected chi connectivity index (χ1v) is 45.1. The third-order valence-electron chi connectivity index (χ3n) is 7.31. The molecule has 0 spiro atoms. The Morgan fingerprint density at radius 3 is 0.625 bits per heavy atom. The molecule has 0 aromatic rings. The Morgan fingerprint density at radius 1 is 0.406 bits per heavy atom. The minimum Gasteiger partial charge on any atom is -0.0739 e. The summed E-state index contributed by atoms with van der Waals surface area (Å²) in [6.45, 7) is 51.6. The van der Waals surface area contributed by atoms with Gasteiger partial charge in [-0.15, -0.1) is 0 Å². The van der Waals surface area contributed by atoms with Crippen LogP contribution in [0.4, 0.5) is 0 Å². The molecule has 0 N–H and O–H groups in total. The topological polar surface area (TPSA) is 0 Å². The summed E-state index contributed by atoms with van der Waals surface area (Å²) >= 11 is 0. The molecule has 32 heavy (non-hydrogen) atoms. The largest absolute Gasteiger partial charge is 0.0739 e. The molecular weight excluding hydrogens is 593 g/mol. The summed E-state index contributed by atoms with van der Waals surface area (Å²) in [7, 11) is -6.48. The van der Waals surface area contributed by atoms with E-state index < -0.39 is 44.6 Å². The van der Waals surface area contributed by atoms with Crippen molar-refractivity contribution in [3.05, 3.63) is 0 Å². The fourth-order valence-corrected chi connectivity index (χ4v) is 276. The van der Waals surface area contributed by atoms with Crippen LogP contribution >= 0.6 is 7.92 Å². The van der Waals surface area contributed by atoms with Crippen LogP contribution in [0.2, 0.25) is 105 Å². The summed E-state index contributed by atoms with van der Waals surface area (Å²) in [5, 5.41) is 0. The minimum atomic E-state index is -1.13. The van der Waals surface area contributed by atoms with E-state index in [0.717, 1.165) is 0 Å². The maximum absolute atomic E-state index is 2.93. The molecule has 0 nitrogen and oxygen atoms in total. The average Bonchev–Trinajstić information content (AvgIpc) is 2.41. The van der Waals surface area contributed by atoms with Crippen LogP contribution in [0.15, 0.2) is 0 Å². The van der Waals surface area contributed by atoms with E-state index in [1.54, 1.807) is 0 Å². The van der Waals surface area contributed by atoms with Crippen LogP contribution in [0.5, 0.6) is 0 Å². The molecule has 0 unspecified atom stereocenters. The molecule has 0 aromatic carbocycles. The summed E-state index contributed by atoms with van der Waals surface area (Å²) in [6.07, 6.45) is 4.37. The zero-order chi connectivity index (χ0) is 25.9. The van der Waals surface area contributed by atoms with Gasteiger partial charge in [0.1, 0.15) is 0 Å². The summed E-state index contributed by atoms with van der Waals surface area (Å²) in [4.78, 5) is 0. The van der Waals surface area contributed by atoms with Crippen LogP contribution in [0.25, 0.3) is 0 Å². The molecule has 192 valence electrons. The van der Waals surface area contributed by atoms with Crippen molar-refractivity contribution in [2.24, 2.45) is 0 Å². The van der Waals surface area contributed by atoms with E-state index in [2.05, 4.69) is 126 Å². The molecule has 6 radical (unpaired) electrons. The van der Waals surface area contributed by atoms with Crippen LogP contribution in [0.1, 0.15) is 20.8 Å². The Morgan fingerprint density at radius 2 is 0.562 bits per heavy atom. The minimum absolute atomic E-state index is 0. The van der Waals surface area contributed by atoms with E-state index in [9.17, 15) is 0 Å². The molecule has 0 saturated carbocycles. The van der Waals surface area contributed by atoms with E-state index in [1.165, 1.54) is 18.5 Å². The van der Waals surface area contributed by atoms with E-state index in [4.69, 9.17) is 0 Å². The van der Waals surface area contributed by atoms with Crippen molar-refractivity contribution < 1.29 is 0 Å². The summed E-state index contributed by atoms with van der Waals surface area (Å²) < 4.78 is 0. The molecule has 0 fully saturated rings. The van der Waals surface area contributed by atoms with Crippen LogP contribution in [0.3, 0.4) is 0 Å². The van der Waals surface area contributed by atoms with Gasteiger partial charge in [-0.1, -0.05) is 105 Å². The van der Waals surface area contributed by atoms with Crippen LogP contribution in [0, 0.1) is 0 Å². The zero-order valence-corrected chi connectivity index (χ0v) is 37.2. The molecule has 10 heteroatoms. The first-order valence-electron chi connectivity index (χ1n) is 12.9. The SMILES string of the molecule is CC[PH+](CC)CC.C[Si](C)(C)[Si]([Si](C)(C)C)[Si](C)(C)[Si](C)(C)[Si]([Si](C)(C)C)[Si](C)(C)C.[Ge]. The average molecular weight is 657 g/mol. The molecule has 0 amide bonds. The van der Waals surface area contributed by atoms with Gasteiger partial charge in [-0.2, -0.15) is 0 Å². The number of rotatable bonds is 10. The van der Waals surface area contributed by atoms with Crippen molar-refractivity contribution >= 4 is 84.8 Å². The van der Waals surface area contributed by atoms with Gasteiger partial charge in [-0.3, -0.25) is 0 Å². The van der Waals surface area contributed by atoms with Crippen molar-refractivity contribution in [2.75, 3.05) is 18.5 Å². The predicted octanol–water partition coefficient (Wildman–Crippen LogP) is 8.17. The van der Waals surface area contributed by atoms with Gasteiger partial charge in [0.15, 0.2) is 0 Å². The van der Waals surface area contributed by atoms with Gasteiger partial charge < -0.3 is 0 Å². The van der Waals surface area contributed by atoms with Gasteiger partial charge in [0, 0.05) is 76.9 Å².